The van der Waals surface area contributed by atoms with Crippen LogP contribution in [0, 0.1) is 11.3 Å². The Bertz CT molecular complexity index is 259. The average molecular weight is 256 g/mol. The monoisotopic (exact) mass is 256 g/mol. The summed E-state index contributed by atoms with van der Waals surface area (Å²) in [6.45, 7) is 11.1. The fourth-order valence-electron chi connectivity index (χ4n) is 2.19. The highest BCUT2D eigenvalue weighted by atomic mass is 16.5. The molecule has 3 nitrogen and oxygen atoms in total. The largest absolute Gasteiger partial charge is 0.466 e. The fraction of sp³-hybridized carbons (Fsp3) is 0.933. The lowest BCUT2D eigenvalue weighted by Gasteiger charge is -2.34. The summed E-state index contributed by atoms with van der Waals surface area (Å²) in [5.74, 6) is 0.0644. The highest BCUT2D eigenvalue weighted by Crippen LogP contribution is 2.31. The summed E-state index contributed by atoms with van der Waals surface area (Å²) in [7, 11) is 0. The Kier molecular flexibility index (Phi) is 5.64. The molecule has 0 amide bonds. The SMILES string of the molecule is CCOC(=O)C1CCC(OC(C)C(C)(C)C)CC1. The van der Waals surface area contributed by atoms with Crippen molar-refractivity contribution >= 4 is 5.97 Å². The van der Waals surface area contributed by atoms with Crippen molar-refractivity contribution in [3.8, 4) is 0 Å². The van der Waals surface area contributed by atoms with E-state index >= 15 is 0 Å². The van der Waals surface area contributed by atoms with Gasteiger partial charge in [-0.15, -0.1) is 0 Å². The van der Waals surface area contributed by atoms with Crippen LogP contribution in [-0.2, 0) is 14.3 Å². The zero-order valence-corrected chi connectivity index (χ0v) is 12.5. The van der Waals surface area contributed by atoms with Crippen LogP contribution in [0.2, 0.25) is 0 Å². The Hall–Kier alpha value is -0.570. The quantitative estimate of drug-likeness (QED) is 0.721. The summed E-state index contributed by atoms with van der Waals surface area (Å²) < 4.78 is 11.2. The second-order valence-corrected chi connectivity index (χ2v) is 6.37. The lowest BCUT2D eigenvalue weighted by molar-refractivity contribution is -0.151. The van der Waals surface area contributed by atoms with Crippen LogP contribution in [0.5, 0.6) is 0 Å². The van der Waals surface area contributed by atoms with Crippen LogP contribution in [0.1, 0.15) is 60.3 Å². The first-order valence-electron chi connectivity index (χ1n) is 7.16. The van der Waals surface area contributed by atoms with Gasteiger partial charge in [-0.25, -0.2) is 0 Å². The first-order chi connectivity index (χ1) is 8.34. The van der Waals surface area contributed by atoms with E-state index in [-0.39, 0.29) is 23.4 Å². The van der Waals surface area contributed by atoms with Gasteiger partial charge in [0.2, 0.25) is 0 Å². The number of hydrogen-bond donors (Lipinski definition) is 0. The molecule has 1 aliphatic carbocycles. The number of carbonyl (C=O) groups excluding carboxylic acids is 1. The van der Waals surface area contributed by atoms with E-state index in [1.165, 1.54) is 0 Å². The van der Waals surface area contributed by atoms with Gasteiger partial charge >= 0.3 is 5.97 Å². The number of hydrogen-bond acceptors (Lipinski definition) is 3. The van der Waals surface area contributed by atoms with E-state index in [2.05, 4.69) is 27.7 Å². The molecular weight excluding hydrogens is 228 g/mol. The van der Waals surface area contributed by atoms with Crippen molar-refractivity contribution in [1.82, 2.24) is 0 Å². The molecule has 0 aromatic rings. The first-order valence-corrected chi connectivity index (χ1v) is 7.16. The summed E-state index contributed by atoms with van der Waals surface area (Å²) in [6, 6.07) is 0. The van der Waals surface area contributed by atoms with Crippen LogP contribution < -0.4 is 0 Å². The molecule has 1 rings (SSSR count). The molecule has 0 spiro atoms. The first kappa shape index (κ1) is 15.5. The van der Waals surface area contributed by atoms with E-state index < -0.39 is 0 Å². The summed E-state index contributed by atoms with van der Waals surface area (Å²) in [4.78, 5) is 11.6. The maximum atomic E-state index is 11.6. The van der Waals surface area contributed by atoms with E-state index in [0.717, 1.165) is 25.7 Å². The van der Waals surface area contributed by atoms with E-state index in [1.807, 2.05) is 6.92 Å². The number of esters is 1. The van der Waals surface area contributed by atoms with Crippen LogP contribution >= 0.6 is 0 Å². The third kappa shape index (κ3) is 4.60. The topological polar surface area (TPSA) is 35.5 Å². The standard InChI is InChI=1S/C15H28O3/c1-6-17-14(16)12-7-9-13(10-8-12)18-11(2)15(3,4)5/h11-13H,6-10H2,1-5H3. The van der Waals surface area contributed by atoms with Crippen molar-refractivity contribution in [1.29, 1.82) is 0 Å². The Morgan fingerprint density at radius 3 is 2.22 bits per heavy atom. The van der Waals surface area contributed by atoms with Crippen molar-refractivity contribution in [3.05, 3.63) is 0 Å². The second kappa shape index (κ2) is 6.55. The van der Waals surface area contributed by atoms with Gasteiger partial charge in [-0.2, -0.15) is 0 Å². The molecule has 1 fully saturated rings. The van der Waals surface area contributed by atoms with Crippen LogP contribution in [0.4, 0.5) is 0 Å². The zero-order chi connectivity index (χ0) is 13.8. The molecule has 1 aliphatic rings. The Morgan fingerprint density at radius 2 is 1.78 bits per heavy atom. The maximum Gasteiger partial charge on any atom is 0.308 e. The molecular formula is C15H28O3. The van der Waals surface area contributed by atoms with Crippen LogP contribution in [-0.4, -0.2) is 24.8 Å². The molecule has 3 heteroatoms. The van der Waals surface area contributed by atoms with E-state index in [4.69, 9.17) is 9.47 Å². The fourth-order valence-corrected chi connectivity index (χ4v) is 2.19. The van der Waals surface area contributed by atoms with Gasteiger partial charge in [-0.3, -0.25) is 4.79 Å². The summed E-state index contributed by atoms with van der Waals surface area (Å²) in [6.07, 6.45) is 4.32. The molecule has 106 valence electrons. The summed E-state index contributed by atoms with van der Waals surface area (Å²) >= 11 is 0. The Balaban J connectivity index is 2.33. The van der Waals surface area contributed by atoms with E-state index in [0.29, 0.717) is 12.7 Å². The predicted molar refractivity (Wildman–Crippen MR) is 72.4 cm³/mol. The third-order valence-corrected chi connectivity index (χ3v) is 3.91. The van der Waals surface area contributed by atoms with Gasteiger partial charge in [0.1, 0.15) is 0 Å². The number of rotatable bonds is 4. The molecule has 0 saturated heterocycles. The minimum absolute atomic E-state index is 0.0279. The molecule has 18 heavy (non-hydrogen) atoms. The lowest BCUT2D eigenvalue weighted by Crippen LogP contribution is -2.34. The minimum Gasteiger partial charge on any atom is -0.466 e. The highest BCUT2D eigenvalue weighted by Gasteiger charge is 2.30. The molecule has 0 heterocycles. The van der Waals surface area contributed by atoms with Crippen molar-refractivity contribution in [2.75, 3.05) is 6.61 Å². The smallest absolute Gasteiger partial charge is 0.308 e. The zero-order valence-electron chi connectivity index (χ0n) is 12.5. The van der Waals surface area contributed by atoms with Gasteiger partial charge in [0.15, 0.2) is 0 Å². The molecule has 0 radical (unpaired) electrons. The third-order valence-electron chi connectivity index (χ3n) is 3.91. The average Bonchev–Trinajstić information content (AvgIpc) is 2.29. The molecule has 1 saturated carbocycles. The van der Waals surface area contributed by atoms with Crippen molar-refractivity contribution < 1.29 is 14.3 Å². The van der Waals surface area contributed by atoms with E-state index in [9.17, 15) is 4.79 Å². The van der Waals surface area contributed by atoms with Gasteiger partial charge in [0.25, 0.3) is 0 Å². The summed E-state index contributed by atoms with van der Waals surface area (Å²) in [5.41, 5.74) is 0.179. The highest BCUT2D eigenvalue weighted by molar-refractivity contribution is 5.72. The molecule has 0 aromatic carbocycles. The molecule has 1 unspecified atom stereocenters. The van der Waals surface area contributed by atoms with Crippen molar-refractivity contribution in [2.24, 2.45) is 11.3 Å². The minimum atomic E-state index is -0.0279. The normalized spacial score (nSPS) is 26.7. The molecule has 0 N–H and O–H groups in total. The van der Waals surface area contributed by atoms with Crippen LogP contribution in [0.25, 0.3) is 0 Å². The van der Waals surface area contributed by atoms with Crippen LogP contribution in [0.3, 0.4) is 0 Å². The van der Waals surface area contributed by atoms with Gasteiger partial charge < -0.3 is 9.47 Å². The van der Waals surface area contributed by atoms with Gasteiger partial charge in [0.05, 0.1) is 24.7 Å². The summed E-state index contributed by atoms with van der Waals surface area (Å²) in [5, 5.41) is 0. The van der Waals surface area contributed by atoms with Crippen LogP contribution in [0.15, 0.2) is 0 Å². The molecule has 0 aromatic heterocycles. The van der Waals surface area contributed by atoms with Gasteiger partial charge in [0, 0.05) is 0 Å². The Labute approximate surface area is 111 Å². The predicted octanol–water partition coefficient (Wildman–Crippen LogP) is 3.56. The Morgan fingerprint density at radius 1 is 1.22 bits per heavy atom. The molecule has 1 atom stereocenters. The number of ether oxygens (including phenoxy) is 2. The molecule has 0 bridgehead atoms. The van der Waals surface area contributed by atoms with Crippen molar-refractivity contribution in [2.45, 2.75) is 72.5 Å². The van der Waals surface area contributed by atoms with Gasteiger partial charge in [-0.1, -0.05) is 20.8 Å². The maximum absolute atomic E-state index is 11.6. The number of carbonyl (C=O) groups is 1. The second-order valence-electron chi connectivity index (χ2n) is 6.37. The molecule has 0 aliphatic heterocycles. The van der Waals surface area contributed by atoms with E-state index in [1.54, 1.807) is 0 Å². The van der Waals surface area contributed by atoms with Crippen molar-refractivity contribution in [3.63, 3.8) is 0 Å². The lowest BCUT2D eigenvalue weighted by atomic mass is 9.86. The van der Waals surface area contributed by atoms with Gasteiger partial charge in [-0.05, 0) is 44.9 Å².